The first kappa shape index (κ1) is 25.1. The van der Waals surface area contributed by atoms with Gasteiger partial charge >= 0.3 is 0 Å². The highest BCUT2D eigenvalue weighted by atomic mass is 32.1. The number of nitrogens with zero attached hydrogens (tertiary/aromatic N) is 3. The zero-order chi connectivity index (χ0) is 26.8. The van der Waals surface area contributed by atoms with Gasteiger partial charge in [0.25, 0.3) is 5.91 Å². The van der Waals surface area contributed by atoms with Gasteiger partial charge in [0.1, 0.15) is 17.2 Å². The fourth-order valence-electron chi connectivity index (χ4n) is 5.12. The summed E-state index contributed by atoms with van der Waals surface area (Å²) < 4.78 is 12.2. The van der Waals surface area contributed by atoms with Crippen LogP contribution in [0, 0.1) is 6.92 Å². The van der Waals surface area contributed by atoms with E-state index < -0.39 is 0 Å². The molecule has 0 radical (unpaired) electrons. The molecule has 1 unspecified atom stereocenters. The highest BCUT2D eigenvalue weighted by molar-refractivity contribution is 7.09. The normalized spacial score (nSPS) is 16.9. The van der Waals surface area contributed by atoms with Crippen molar-refractivity contribution in [3.63, 3.8) is 0 Å². The van der Waals surface area contributed by atoms with Gasteiger partial charge in [0, 0.05) is 24.7 Å². The van der Waals surface area contributed by atoms with E-state index in [1.54, 1.807) is 23.6 Å². The number of fused-ring (bicyclic) bond motifs is 6. The van der Waals surface area contributed by atoms with Gasteiger partial charge in [0.2, 0.25) is 5.91 Å². The van der Waals surface area contributed by atoms with Crippen molar-refractivity contribution in [2.45, 2.75) is 32.2 Å². The van der Waals surface area contributed by atoms with Crippen molar-refractivity contribution >= 4 is 23.2 Å². The van der Waals surface area contributed by atoms with Crippen LogP contribution in [-0.4, -0.2) is 46.4 Å². The summed E-state index contributed by atoms with van der Waals surface area (Å²) in [4.78, 5) is 36.9. The molecule has 0 saturated carbocycles. The molecular weight excluding hydrogens is 512 g/mol. The second kappa shape index (κ2) is 10.9. The van der Waals surface area contributed by atoms with Gasteiger partial charge in [-0.05, 0) is 66.8 Å². The first-order valence-electron chi connectivity index (χ1n) is 13.0. The SMILES string of the molecule is Cc1nc(CC(=O)N2CCc3cc4ccc3C2c2cccc(c2)OCCCNC(=O)c2cncc(c2)O4)cs1. The number of thiazole rings is 1. The molecule has 198 valence electrons. The molecule has 2 amide bonds. The summed E-state index contributed by atoms with van der Waals surface area (Å²) in [6, 6.07) is 15.3. The standard InChI is InChI=1S/C30H28N4O4S/c1-19-33-23(18-39-19)15-28(35)34-10-8-20-12-25-6-7-27(20)29(34)21-4-2-5-24(13-21)37-11-3-9-32-30(36)22-14-26(38-25)17-31-16-22/h2,4-7,12-14,16-18,29H,3,8-11,15H2,1H3,(H,32,36). The van der Waals surface area contributed by atoms with Crippen LogP contribution in [0.3, 0.4) is 0 Å². The van der Waals surface area contributed by atoms with Crippen molar-refractivity contribution in [3.8, 4) is 17.2 Å². The molecule has 8 nitrogen and oxygen atoms in total. The molecule has 2 aromatic heterocycles. The second-order valence-corrected chi connectivity index (χ2v) is 10.7. The number of nitrogens with one attached hydrogen (secondary N) is 1. The molecular formula is C30H28N4O4S. The summed E-state index contributed by atoms with van der Waals surface area (Å²) in [5, 5.41) is 5.82. The fourth-order valence-corrected chi connectivity index (χ4v) is 5.73. The number of hydrogen-bond donors (Lipinski definition) is 1. The third kappa shape index (κ3) is 5.49. The Kier molecular flexibility index (Phi) is 6.98. The zero-order valence-corrected chi connectivity index (χ0v) is 22.4. The predicted molar refractivity (Wildman–Crippen MR) is 147 cm³/mol. The average Bonchev–Trinajstić information content (AvgIpc) is 3.36. The Bertz CT molecular complexity index is 1530. The largest absolute Gasteiger partial charge is 0.494 e. The van der Waals surface area contributed by atoms with E-state index in [2.05, 4.69) is 15.3 Å². The predicted octanol–water partition coefficient (Wildman–Crippen LogP) is 4.87. The highest BCUT2D eigenvalue weighted by Gasteiger charge is 2.33. The first-order valence-corrected chi connectivity index (χ1v) is 13.9. The molecule has 1 N–H and O–H groups in total. The van der Waals surface area contributed by atoms with E-state index in [1.807, 2.05) is 59.7 Å². The number of aryl methyl sites for hydroxylation is 1. The topological polar surface area (TPSA) is 93.7 Å². The number of rotatable bonds is 2. The maximum atomic E-state index is 13.6. The molecule has 0 fully saturated rings. The molecule has 1 atom stereocenters. The van der Waals surface area contributed by atoms with E-state index in [9.17, 15) is 9.59 Å². The lowest BCUT2D eigenvalue weighted by atomic mass is 9.87. The Labute approximate surface area is 230 Å². The number of amides is 2. The van der Waals surface area contributed by atoms with E-state index in [-0.39, 0.29) is 24.3 Å². The minimum absolute atomic E-state index is 0.0448. The van der Waals surface area contributed by atoms with Gasteiger partial charge in [0.15, 0.2) is 0 Å². The van der Waals surface area contributed by atoms with Crippen LogP contribution in [0.25, 0.3) is 0 Å². The molecule has 3 aliphatic rings. The number of aromatic nitrogens is 2. The molecule has 8 bridgehead atoms. The zero-order valence-electron chi connectivity index (χ0n) is 21.6. The Morgan fingerprint density at radius 1 is 1.13 bits per heavy atom. The Morgan fingerprint density at radius 2 is 2.05 bits per heavy atom. The third-order valence-corrected chi connectivity index (χ3v) is 7.74. The van der Waals surface area contributed by atoms with Gasteiger partial charge in [-0.25, -0.2) is 4.98 Å². The Balaban J connectivity index is 1.39. The van der Waals surface area contributed by atoms with Gasteiger partial charge in [-0.15, -0.1) is 11.3 Å². The van der Waals surface area contributed by atoms with Crippen LogP contribution in [0.5, 0.6) is 17.2 Å². The molecule has 0 aliphatic carbocycles. The van der Waals surface area contributed by atoms with E-state index in [0.29, 0.717) is 49.6 Å². The van der Waals surface area contributed by atoms with Gasteiger partial charge in [-0.2, -0.15) is 0 Å². The molecule has 0 spiro atoms. The molecule has 0 saturated heterocycles. The van der Waals surface area contributed by atoms with Crippen LogP contribution < -0.4 is 14.8 Å². The van der Waals surface area contributed by atoms with Gasteiger partial charge in [0.05, 0.1) is 41.5 Å². The van der Waals surface area contributed by atoms with Crippen molar-refractivity contribution in [2.24, 2.45) is 0 Å². The van der Waals surface area contributed by atoms with E-state index in [4.69, 9.17) is 9.47 Å². The second-order valence-electron chi connectivity index (χ2n) is 9.68. The van der Waals surface area contributed by atoms with Gasteiger partial charge < -0.3 is 19.7 Å². The minimum atomic E-state index is -0.262. The van der Waals surface area contributed by atoms with Crippen LogP contribution in [0.4, 0.5) is 0 Å². The van der Waals surface area contributed by atoms with Crippen LogP contribution in [0.15, 0.2) is 66.3 Å². The maximum absolute atomic E-state index is 13.6. The lowest BCUT2D eigenvalue weighted by molar-refractivity contribution is -0.132. The van der Waals surface area contributed by atoms with Gasteiger partial charge in [-0.3, -0.25) is 14.6 Å². The van der Waals surface area contributed by atoms with Crippen molar-refractivity contribution in [2.75, 3.05) is 19.7 Å². The van der Waals surface area contributed by atoms with E-state index in [0.717, 1.165) is 33.1 Å². The lowest BCUT2D eigenvalue weighted by Crippen LogP contribution is -2.41. The molecule has 9 heteroatoms. The average molecular weight is 541 g/mol. The van der Waals surface area contributed by atoms with Crippen LogP contribution in [0.2, 0.25) is 0 Å². The van der Waals surface area contributed by atoms with Crippen molar-refractivity contribution in [1.82, 2.24) is 20.2 Å². The molecule has 2 aromatic carbocycles. The molecule has 5 heterocycles. The van der Waals surface area contributed by atoms with Gasteiger partial charge in [-0.1, -0.05) is 18.2 Å². The van der Waals surface area contributed by atoms with Crippen molar-refractivity contribution < 1.29 is 19.1 Å². The molecule has 7 rings (SSSR count). The maximum Gasteiger partial charge on any atom is 0.252 e. The first-order chi connectivity index (χ1) is 19.0. The number of hydrogen-bond acceptors (Lipinski definition) is 7. The summed E-state index contributed by atoms with van der Waals surface area (Å²) in [6.45, 7) is 3.44. The smallest absolute Gasteiger partial charge is 0.252 e. The van der Waals surface area contributed by atoms with Crippen molar-refractivity contribution in [1.29, 1.82) is 0 Å². The summed E-state index contributed by atoms with van der Waals surface area (Å²) in [5.41, 5.74) is 4.39. The summed E-state index contributed by atoms with van der Waals surface area (Å²) >= 11 is 1.56. The van der Waals surface area contributed by atoms with Crippen LogP contribution >= 0.6 is 11.3 Å². The minimum Gasteiger partial charge on any atom is -0.494 e. The van der Waals surface area contributed by atoms with Crippen molar-refractivity contribution in [3.05, 3.63) is 99.3 Å². The van der Waals surface area contributed by atoms with Crippen LogP contribution in [0.1, 0.15) is 50.2 Å². The highest BCUT2D eigenvalue weighted by Crippen LogP contribution is 2.39. The number of ether oxygens (including phenoxy) is 2. The lowest BCUT2D eigenvalue weighted by Gasteiger charge is -2.38. The quantitative estimate of drug-likeness (QED) is 0.390. The fraction of sp³-hybridized carbons (Fsp3) is 0.267. The van der Waals surface area contributed by atoms with E-state index in [1.165, 1.54) is 6.20 Å². The summed E-state index contributed by atoms with van der Waals surface area (Å²) in [7, 11) is 0. The summed E-state index contributed by atoms with van der Waals surface area (Å²) in [6.07, 6.45) is 4.73. The number of pyridine rings is 1. The Hall–Kier alpha value is -4.24. The van der Waals surface area contributed by atoms with Crippen LogP contribution in [-0.2, 0) is 17.6 Å². The number of benzene rings is 2. The van der Waals surface area contributed by atoms with E-state index >= 15 is 0 Å². The number of carbonyl (C=O) groups is 2. The Morgan fingerprint density at radius 3 is 2.92 bits per heavy atom. The molecule has 4 aromatic rings. The molecule has 39 heavy (non-hydrogen) atoms. The summed E-state index contributed by atoms with van der Waals surface area (Å²) in [5.74, 6) is 1.71. The third-order valence-electron chi connectivity index (χ3n) is 6.92. The number of carbonyl (C=O) groups excluding carboxylic acids is 2. The molecule has 3 aliphatic heterocycles. The monoisotopic (exact) mass is 540 g/mol.